The molecule has 0 radical (unpaired) electrons. The Morgan fingerprint density at radius 3 is 2.70 bits per heavy atom. The Hall–Kier alpha value is -2.30. The maximum atomic E-state index is 10.7. The number of carboxylic acids is 1. The van der Waals surface area contributed by atoms with Crippen LogP contribution in [-0.2, 0) is 6.54 Å². The summed E-state index contributed by atoms with van der Waals surface area (Å²) in [4.78, 5) is 10.7. The summed E-state index contributed by atoms with van der Waals surface area (Å²) >= 11 is 0. The van der Waals surface area contributed by atoms with Crippen LogP contribution in [0.4, 0.5) is 0 Å². The van der Waals surface area contributed by atoms with Crippen molar-refractivity contribution in [1.82, 2.24) is 9.78 Å². The highest BCUT2D eigenvalue weighted by Crippen LogP contribution is 2.38. The van der Waals surface area contributed by atoms with Crippen LogP contribution in [0.5, 0.6) is 5.75 Å². The SMILES string of the molecule is O=C(O)c1ccc(OCCn2ccc(C3CC3)n2)cc1. The first-order valence-corrected chi connectivity index (χ1v) is 6.72. The summed E-state index contributed by atoms with van der Waals surface area (Å²) in [6.45, 7) is 1.20. The standard InChI is InChI=1S/C15H16N2O3/c18-15(19)12-3-5-13(6-4-12)20-10-9-17-8-7-14(16-17)11-1-2-11/h3-8,11H,1-2,9-10H2,(H,18,19). The number of carbonyl (C=O) groups is 1. The Balaban J connectivity index is 1.49. The first kappa shape index (κ1) is 12.7. The van der Waals surface area contributed by atoms with Gasteiger partial charge in [-0.15, -0.1) is 0 Å². The molecule has 5 nitrogen and oxygen atoms in total. The molecule has 1 aromatic heterocycles. The van der Waals surface area contributed by atoms with E-state index < -0.39 is 5.97 Å². The third-order valence-corrected chi connectivity index (χ3v) is 3.35. The molecular weight excluding hydrogens is 256 g/mol. The van der Waals surface area contributed by atoms with E-state index >= 15 is 0 Å². The van der Waals surface area contributed by atoms with Gasteiger partial charge in [0.25, 0.3) is 0 Å². The van der Waals surface area contributed by atoms with Crippen molar-refractivity contribution in [2.75, 3.05) is 6.61 Å². The topological polar surface area (TPSA) is 64.3 Å². The molecule has 1 aliphatic carbocycles. The molecule has 0 bridgehead atoms. The minimum Gasteiger partial charge on any atom is -0.492 e. The lowest BCUT2D eigenvalue weighted by molar-refractivity contribution is 0.0697. The van der Waals surface area contributed by atoms with E-state index in [1.165, 1.54) is 30.7 Å². The lowest BCUT2D eigenvalue weighted by Crippen LogP contribution is -2.09. The lowest BCUT2D eigenvalue weighted by Gasteiger charge is -2.06. The summed E-state index contributed by atoms with van der Waals surface area (Å²) in [7, 11) is 0. The predicted octanol–water partition coefficient (Wildman–Crippen LogP) is 2.54. The number of aromatic nitrogens is 2. The number of rotatable bonds is 6. The normalized spacial score (nSPS) is 14.2. The van der Waals surface area contributed by atoms with Crippen molar-refractivity contribution in [2.24, 2.45) is 0 Å². The van der Waals surface area contributed by atoms with Gasteiger partial charge in [-0.2, -0.15) is 5.10 Å². The molecule has 0 spiro atoms. The molecule has 1 aromatic carbocycles. The molecule has 1 heterocycles. The van der Waals surface area contributed by atoms with E-state index in [4.69, 9.17) is 9.84 Å². The van der Waals surface area contributed by atoms with Gasteiger partial charge >= 0.3 is 5.97 Å². The molecule has 0 saturated heterocycles. The molecule has 1 aliphatic rings. The maximum absolute atomic E-state index is 10.7. The fourth-order valence-corrected chi connectivity index (χ4v) is 2.05. The van der Waals surface area contributed by atoms with Crippen LogP contribution in [0.15, 0.2) is 36.5 Å². The average molecular weight is 272 g/mol. The number of ether oxygens (including phenoxy) is 1. The van der Waals surface area contributed by atoms with E-state index in [9.17, 15) is 4.79 Å². The Morgan fingerprint density at radius 1 is 1.30 bits per heavy atom. The van der Waals surface area contributed by atoms with Crippen molar-refractivity contribution in [3.05, 3.63) is 47.8 Å². The van der Waals surface area contributed by atoms with Crippen molar-refractivity contribution in [1.29, 1.82) is 0 Å². The van der Waals surface area contributed by atoms with Gasteiger partial charge in [-0.25, -0.2) is 4.79 Å². The molecule has 1 N–H and O–H groups in total. The van der Waals surface area contributed by atoms with Crippen LogP contribution in [-0.4, -0.2) is 27.5 Å². The molecular formula is C15H16N2O3. The Labute approximate surface area is 116 Å². The number of benzene rings is 1. The van der Waals surface area contributed by atoms with Crippen LogP contribution in [0, 0.1) is 0 Å². The predicted molar refractivity (Wildman–Crippen MR) is 73.1 cm³/mol. The molecule has 1 saturated carbocycles. The van der Waals surface area contributed by atoms with Gasteiger partial charge < -0.3 is 9.84 Å². The van der Waals surface area contributed by atoms with E-state index in [0.717, 1.165) is 0 Å². The quantitative estimate of drug-likeness (QED) is 0.877. The molecule has 20 heavy (non-hydrogen) atoms. The fourth-order valence-electron chi connectivity index (χ4n) is 2.05. The Bertz CT molecular complexity index is 600. The second-order valence-corrected chi connectivity index (χ2v) is 4.96. The molecule has 5 heteroatoms. The second kappa shape index (κ2) is 5.36. The molecule has 0 aliphatic heterocycles. The van der Waals surface area contributed by atoms with Gasteiger partial charge in [-0.1, -0.05) is 0 Å². The first-order chi connectivity index (χ1) is 9.72. The number of carboxylic acid groups (broad SMARTS) is 1. The molecule has 2 aromatic rings. The van der Waals surface area contributed by atoms with Crippen molar-refractivity contribution in [3.8, 4) is 5.75 Å². The van der Waals surface area contributed by atoms with Crippen LogP contribution in [0.2, 0.25) is 0 Å². The van der Waals surface area contributed by atoms with Gasteiger partial charge in [-0.05, 0) is 43.2 Å². The van der Waals surface area contributed by atoms with Crippen LogP contribution in [0.1, 0.15) is 34.8 Å². The van der Waals surface area contributed by atoms with E-state index in [1.807, 2.05) is 10.9 Å². The largest absolute Gasteiger partial charge is 0.492 e. The Kier molecular flexibility index (Phi) is 3.41. The van der Waals surface area contributed by atoms with Gasteiger partial charge in [0.2, 0.25) is 0 Å². The van der Waals surface area contributed by atoms with E-state index in [1.54, 1.807) is 12.1 Å². The molecule has 0 atom stereocenters. The van der Waals surface area contributed by atoms with Gasteiger partial charge in [0, 0.05) is 12.1 Å². The minimum atomic E-state index is -0.930. The summed E-state index contributed by atoms with van der Waals surface area (Å²) in [5, 5.41) is 13.3. The molecule has 3 rings (SSSR count). The molecule has 0 amide bonds. The molecule has 1 fully saturated rings. The van der Waals surface area contributed by atoms with E-state index in [0.29, 0.717) is 24.8 Å². The first-order valence-electron chi connectivity index (χ1n) is 6.72. The lowest BCUT2D eigenvalue weighted by atomic mass is 10.2. The zero-order valence-electron chi connectivity index (χ0n) is 11.0. The van der Waals surface area contributed by atoms with Crippen LogP contribution >= 0.6 is 0 Å². The third kappa shape index (κ3) is 2.99. The highest BCUT2D eigenvalue weighted by molar-refractivity contribution is 5.87. The maximum Gasteiger partial charge on any atom is 0.335 e. The monoisotopic (exact) mass is 272 g/mol. The summed E-state index contributed by atoms with van der Waals surface area (Å²) in [5.74, 6) is 0.408. The Morgan fingerprint density at radius 2 is 2.05 bits per heavy atom. The van der Waals surface area contributed by atoms with Crippen LogP contribution < -0.4 is 4.74 Å². The van der Waals surface area contributed by atoms with Gasteiger partial charge in [-0.3, -0.25) is 4.68 Å². The minimum absolute atomic E-state index is 0.263. The summed E-state index contributed by atoms with van der Waals surface area (Å²) in [6, 6.07) is 8.48. The number of hydrogen-bond acceptors (Lipinski definition) is 3. The third-order valence-electron chi connectivity index (χ3n) is 3.35. The number of nitrogens with zero attached hydrogens (tertiary/aromatic N) is 2. The summed E-state index contributed by atoms with van der Waals surface area (Å²) < 4.78 is 7.46. The van der Waals surface area contributed by atoms with Crippen molar-refractivity contribution >= 4 is 5.97 Å². The van der Waals surface area contributed by atoms with Crippen molar-refractivity contribution in [2.45, 2.75) is 25.3 Å². The van der Waals surface area contributed by atoms with Crippen molar-refractivity contribution in [3.63, 3.8) is 0 Å². The summed E-state index contributed by atoms with van der Waals surface area (Å²) in [6.07, 6.45) is 4.48. The van der Waals surface area contributed by atoms with Crippen LogP contribution in [0.25, 0.3) is 0 Å². The highest BCUT2D eigenvalue weighted by atomic mass is 16.5. The fraction of sp³-hybridized carbons (Fsp3) is 0.333. The highest BCUT2D eigenvalue weighted by Gasteiger charge is 2.25. The number of aromatic carboxylic acids is 1. The second-order valence-electron chi connectivity index (χ2n) is 4.96. The number of hydrogen-bond donors (Lipinski definition) is 1. The van der Waals surface area contributed by atoms with Crippen molar-refractivity contribution < 1.29 is 14.6 Å². The van der Waals surface area contributed by atoms with E-state index in [2.05, 4.69) is 11.2 Å². The van der Waals surface area contributed by atoms with Crippen LogP contribution in [0.3, 0.4) is 0 Å². The van der Waals surface area contributed by atoms with Gasteiger partial charge in [0.05, 0.1) is 17.8 Å². The smallest absolute Gasteiger partial charge is 0.335 e. The average Bonchev–Trinajstić information content (AvgIpc) is 3.20. The van der Waals surface area contributed by atoms with Gasteiger partial charge in [0.15, 0.2) is 0 Å². The molecule has 104 valence electrons. The zero-order valence-corrected chi connectivity index (χ0v) is 11.0. The zero-order chi connectivity index (χ0) is 13.9. The van der Waals surface area contributed by atoms with Gasteiger partial charge in [0.1, 0.15) is 12.4 Å². The summed E-state index contributed by atoms with van der Waals surface area (Å²) in [5.41, 5.74) is 1.44. The molecule has 0 unspecified atom stereocenters. The van der Waals surface area contributed by atoms with E-state index in [-0.39, 0.29) is 5.56 Å².